The van der Waals surface area contributed by atoms with Gasteiger partial charge in [-0.15, -0.1) is 0 Å². The minimum atomic E-state index is 0.662. The van der Waals surface area contributed by atoms with Gasteiger partial charge in [-0.05, 0) is 25.0 Å². The van der Waals surface area contributed by atoms with Gasteiger partial charge in [0.1, 0.15) is 0 Å². The van der Waals surface area contributed by atoms with Crippen molar-refractivity contribution in [2.45, 2.75) is 51.0 Å². The van der Waals surface area contributed by atoms with Crippen LogP contribution in [0.3, 0.4) is 0 Å². The first-order chi connectivity index (χ1) is 7.45. The maximum absolute atomic E-state index is 4.13. The third-order valence-electron chi connectivity index (χ3n) is 3.14. The van der Waals surface area contributed by atoms with Crippen molar-refractivity contribution in [3.8, 4) is 0 Å². The Kier molecular flexibility index (Phi) is 4.01. The Morgan fingerprint density at radius 1 is 1.07 bits per heavy atom. The Hall–Kier alpha value is -1.05. The molecular weight excluding hydrogens is 184 g/mol. The molecule has 15 heavy (non-hydrogen) atoms. The van der Waals surface area contributed by atoms with Crippen LogP contribution in [0, 0.1) is 0 Å². The molecule has 0 spiro atoms. The molecule has 0 aromatic carbocycles. The largest absolute Gasteiger partial charge is 0.381 e. The molecule has 0 atom stereocenters. The summed E-state index contributed by atoms with van der Waals surface area (Å²) in [7, 11) is 0. The number of hydrogen-bond donors (Lipinski definition) is 1. The molecule has 1 saturated carbocycles. The first-order valence-corrected chi connectivity index (χ1v) is 6.12. The molecule has 1 fully saturated rings. The Morgan fingerprint density at radius 2 is 1.80 bits per heavy atom. The molecule has 0 radical (unpaired) electrons. The van der Waals surface area contributed by atoms with Gasteiger partial charge in [-0.25, -0.2) is 0 Å². The molecule has 1 N–H and O–H groups in total. The van der Waals surface area contributed by atoms with Crippen LogP contribution in [0.5, 0.6) is 0 Å². The van der Waals surface area contributed by atoms with Crippen molar-refractivity contribution in [2.75, 3.05) is 5.32 Å². The summed E-state index contributed by atoms with van der Waals surface area (Å²) in [5.74, 6) is 0. The van der Waals surface area contributed by atoms with E-state index in [9.17, 15) is 0 Å². The molecule has 0 amide bonds. The summed E-state index contributed by atoms with van der Waals surface area (Å²) in [5.41, 5.74) is 1.17. The normalized spacial score (nSPS) is 19.2. The van der Waals surface area contributed by atoms with Crippen molar-refractivity contribution in [1.29, 1.82) is 0 Å². The molecule has 0 saturated heterocycles. The maximum Gasteiger partial charge on any atom is 0.0528 e. The van der Waals surface area contributed by atoms with Crippen LogP contribution >= 0.6 is 0 Å². The predicted octanol–water partition coefficient (Wildman–Crippen LogP) is 3.61. The zero-order chi connectivity index (χ0) is 10.3. The molecule has 1 heterocycles. The number of anilines is 1. The minimum absolute atomic E-state index is 0.662. The van der Waals surface area contributed by atoms with E-state index in [1.807, 2.05) is 18.5 Å². The lowest BCUT2D eigenvalue weighted by atomic mass is 9.96. The van der Waals surface area contributed by atoms with Crippen molar-refractivity contribution < 1.29 is 0 Å². The van der Waals surface area contributed by atoms with E-state index in [0.29, 0.717) is 6.04 Å². The van der Waals surface area contributed by atoms with Crippen molar-refractivity contribution in [3.05, 3.63) is 24.5 Å². The van der Waals surface area contributed by atoms with Gasteiger partial charge in [0.15, 0.2) is 0 Å². The first kappa shape index (κ1) is 10.5. The minimum Gasteiger partial charge on any atom is -0.381 e. The van der Waals surface area contributed by atoms with E-state index in [2.05, 4.69) is 16.4 Å². The second kappa shape index (κ2) is 5.74. The van der Waals surface area contributed by atoms with Crippen molar-refractivity contribution in [3.63, 3.8) is 0 Å². The molecule has 0 aliphatic heterocycles. The van der Waals surface area contributed by atoms with Crippen molar-refractivity contribution in [1.82, 2.24) is 4.98 Å². The monoisotopic (exact) mass is 204 g/mol. The summed E-state index contributed by atoms with van der Waals surface area (Å²) in [6.07, 6.45) is 13.4. The van der Waals surface area contributed by atoms with E-state index in [4.69, 9.17) is 0 Å². The highest BCUT2D eigenvalue weighted by atomic mass is 14.9. The smallest absolute Gasteiger partial charge is 0.0528 e. The molecule has 0 unspecified atom stereocenters. The number of hydrogen-bond acceptors (Lipinski definition) is 2. The third-order valence-corrected chi connectivity index (χ3v) is 3.14. The molecule has 1 aliphatic carbocycles. The van der Waals surface area contributed by atoms with Crippen molar-refractivity contribution >= 4 is 5.69 Å². The molecule has 82 valence electrons. The predicted molar refractivity (Wildman–Crippen MR) is 64.0 cm³/mol. The van der Waals surface area contributed by atoms with Gasteiger partial charge in [0, 0.05) is 18.4 Å². The average Bonchev–Trinajstić information content (AvgIpc) is 2.23. The van der Waals surface area contributed by atoms with Crippen LogP contribution in [0.2, 0.25) is 0 Å². The molecule has 1 aliphatic rings. The van der Waals surface area contributed by atoms with E-state index < -0.39 is 0 Å². The number of pyridine rings is 1. The van der Waals surface area contributed by atoms with Crippen LogP contribution in [0.25, 0.3) is 0 Å². The molecule has 2 heteroatoms. The van der Waals surface area contributed by atoms with Crippen LogP contribution in [0.1, 0.15) is 44.9 Å². The molecule has 1 aromatic rings. The zero-order valence-electron chi connectivity index (χ0n) is 9.28. The highest BCUT2D eigenvalue weighted by Crippen LogP contribution is 2.20. The van der Waals surface area contributed by atoms with E-state index in [-0.39, 0.29) is 0 Å². The number of nitrogens with one attached hydrogen (secondary N) is 1. The topological polar surface area (TPSA) is 24.9 Å². The highest BCUT2D eigenvalue weighted by Gasteiger charge is 2.10. The van der Waals surface area contributed by atoms with Crippen LogP contribution in [0.4, 0.5) is 5.69 Å². The lowest BCUT2D eigenvalue weighted by Gasteiger charge is -2.21. The fraction of sp³-hybridized carbons (Fsp3) is 0.615. The molecule has 2 nitrogen and oxygen atoms in total. The van der Waals surface area contributed by atoms with Gasteiger partial charge in [-0.1, -0.05) is 32.1 Å². The Labute approximate surface area is 92.1 Å². The van der Waals surface area contributed by atoms with Gasteiger partial charge in [0.2, 0.25) is 0 Å². The fourth-order valence-electron chi connectivity index (χ4n) is 2.28. The second-order valence-corrected chi connectivity index (χ2v) is 4.43. The number of aromatic nitrogens is 1. The lowest BCUT2D eigenvalue weighted by molar-refractivity contribution is 0.471. The van der Waals surface area contributed by atoms with Gasteiger partial charge in [-0.2, -0.15) is 0 Å². The van der Waals surface area contributed by atoms with Gasteiger partial charge >= 0.3 is 0 Å². The molecule has 2 rings (SSSR count). The van der Waals surface area contributed by atoms with Gasteiger partial charge in [-0.3, -0.25) is 4.98 Å². The van der Waals surface area contributed by atoms with E-state index in [0.717, 1.165) is 0 Å². The van der Waals surface area contributed by atoms with E-state index >= 15 is 0 Å². The first-order valence-electron chi connectivity index (χ1n) is 6.12. The highest BCUT2D eigenvalue weighted by molar-refractivity contribution is 5.40. The van der Waals surface area contributed by atoms with Crippen LogP contribution in [-0.4, -0.2) is 11.0 Å². The fourth-order valence-corrected chi connectivity index (χ4v) is 2.28. The maximum atomic E-state index is 4.13. The van der Waals surface area contributed by atoms with E-state index in [1.165, 1.54) is 50.6 Å². The number of nitrogens with zero attached hydrogens (tertiary/aromatic N) is 1. The van der Waals surface area contributed by atoms with Crippen LogP contribution in [-0.2, 0) is 0 Å². The molecule has 1 aromatic heterocycles. The Balaban J connectivity index is 1.86. The molecular formula is C13H20N2. The quantitative estimate of drug-likeness (QED) is 0.796. The summed E-state index contributed by atoms with van der Waals surface area (Å²) in [6, 6.07) is 4.76. The van der Waals surface area contributed by atoms with E-state index in [1.54, 1.807) is 0 Å². The van der Waals surface area contributed by atoms with Crippen LogP contribution in [0.15, 0.2) is 24.5 Å². The molecule has 0 bridgehead atoms. The summed E-state index contributed by atoms with van der Waals surface area (Å²) in [6.45, 7) is 0. The summed E-state index contributed by atoms with van der Waals surface area (Å²) in [5, 5.41) is 3.59. The lowest BCUT2D eigenvalue weighted by Crippen LogP contribution is -2.20. The number of rotatable bonds is 2. The second-order valence-electron chi connectivity index (χ2n) is 4.43. The van der Waals surface area contributed by atoms with Gasteiger partial charge in [0.05, 0.1) is 5.69 Å². The van der Waals surface area contributed by atoms with Crippen molar-refractivity contribution in [2.24, 2.45) is 0 Å². The Morgan fingerprint density at radius 3 is 2.47 bits per heavy atom. The third kappa shape index (κ3) is 3.54. The summed E-state index contributed by atoms with van der Waals surface area (Å²) in [4.78, 5) is 4.13. The van der Waals surface area contributed by atoms with Gasteiger partial charge in [0.25, 0.3) is 0 Å². The summed E-state index contributed by atoms with van der Waals surface area (Å²) < 4.78 is 0. The van der Waals surface area contributed by atoms with Crippen LogP contribution < -0.4 is 5.32 Å². The Bertz CT molecular complexity index is 263. The van der Waals surface area contributed by atoms with Gasteiger partial charge < -0.3 is 5.32 Å². The zero-order valence-corrected chi connectivity index (χ0v) is 9.28. The average molecular weight is 204 g/mol. The SMILES string of the molecule is c1cncc(NC2CCCCCCC2)c1. The summed E-state index contributed by atoms with van der Waals surface area (Å²) >= 11 is 0. The standard InChI is InChI=1S/C13H20N2/c1-2-4-7-12(8-5-3-1)15-13-9-6-10-14-11-13/h6,9-12,15H,1-5,7-8H2.